The van der Waals surface area contributed by atoms with E-state index in [0.717, 1.165) is 18.6 Å². The summed E-state index contributed by atoms with van der Waals surface area (Å²) in [5.41, 5.74) is 1.45. The number of fused-ring (bicyclic) bond motifs is 5. The van der Waals surface area contributed by atoms with Crippen molar-refractivity contribution in [1.82, 2.24) is 0 Å². The highest BCUT2D eigenvalue weighted by molar-refractivity contribution is 5.83. The maximum Gasteiger partial charge on any atom is 0.330 e. The quantitative estimate of drug-likeness (QED) is 0.603. The number of hydrogen-bond acceptors (Lipinski definition) is 3. The molecule has 3 fully saturated rings. The normalized spacial score (nSPS) is 45.7. The molecule has 3 heteroatoms. The van der Waals surface area contributed by atoms with E-state index >= 15 is 0 Å². The Hall–Kier alpha value is -1.77. The largest absolute Gasteiger partial charge is 0.490 e. The average Bonchev–Trinajstić information content (AvgIpc) is 3.01. The van der Waals surface area contributed by atoms with Crippen LogP contribution in [0.5, 0.6) is 5.75 Å². The highest BCUT2D eigenvalue weighted by Crippen LogP contribution is 2.65. The lowest BCUT2D eigenvalue weighted by Gasteiger charge is -2.60. The van der Waals surface area contributed by atoms with Crippen molar-refractivity contribution in [2.75, 3.05) is 0 Å². The molecule has 156 valence electrons. The van der Waals surface area contributed by atoms with Crippen molar-refractivity contribution in [2.24, 2.45) is 34.5 Å². The van der Waals surface area contributed by atoms with Crippen LogP contribution in [-0.4, -0.2) is 18.2 Å². The Morgan fingerprint density at radius 2 is 1.90 bits per heavy atom. The molecule has 1 heterocycles. The fourth-order valence-electron chi connectivity index (χ4n) is 7.52. The lowest BCUT2D eigenvalue weighted by Crippen LogP contribution is -2.58. The molecule has 8 atom stereocenters. The van der Waals surface area contributed by atoms with Gasteiger partial charge in [-0.15, -0.1) is 0 Å². The standard InChI is InChI=1S/C26H34O3/c1-16-7-5-6-8-20(16)28-21-10-9-18-24-17(2)15-22-26(4,14-12-23(27)29-22)19(24)11-13-25(18,21)3/h5-8,12,14,17-19,21-22,24H,9-11,13,15H2,1-4H3/t17-,18-,19-,21-,22+,24-,25-,26+/m0/s1. The molecule has 0 unspecified atom stereocenters. The fraction of sp³-hybridized carbons (Fsp3) is 0.654. The molecule has 0 aromatic heterocycles. The summed E-state index contributed by atoms with van der Waals surface area (Å²) in [6.45, 7) is 9.36. The van der Waals surface area contributed by atoms with Gasteiger partial charge in [-0.25, -0.2) is 4.79 Å². The molecule has 0 bridgehead atoms. The molecular weight excluding hydrogens is 360 g/mol. The summed E-state index contributed by atoms with van der Waals surface area (Å²) in [6, 6.07) is 8.42. The van der Waals surface area contributed by atoms with Gasteiger partial charge in [-0.1, -0.05) is 45.0 Å². The lowest BCUT2D eigenvalue weighted by atomic mass is 9.47. The minimum atomic E-state index is -0.161. The molecule has 0 spiro atoms. The summed E-state index contributed by atoms with van der Waals surface area (Å²) in [7, 11) is 0. The number of benzene rings is 1. The monoisotopic (exact) mass is 394 g/mol. The van der Waals surface area contributed by atoms with Crippen molar-refractivity contribution in [3.8, 4) is 5.75 Å². The van der Waals surface area contributed by atoms with Crippen LogP contribution in [-0.2, 0) is 9.53 Å². The third-order valence-corrected chi connectivity index (χ3v) is 9.18. The number of ether oxygens (including phenoxy) is 2. The number of esters is 1. The molecule has 3 aliphatic carbocycles. The number of para-hydroxylation sites is 1. The molecule has 4 aliphatic rings. The Morgan fingerprint density at radius 1 is 1.10 bits per heavy atom. The van der Waals surface area contributed by atoms with E-state index in [1.54, 1.807) is 6.08 Å². The molecule has 0 saturated heterocycles. The van der Waals surface area contributed by atoms with Crippen molar-refractivity contribution in [3.63, 3.8) is 0 Å². The maximum atomic E-state index is 11.9. The topological polar surface area (TPSA) is 35.5 Å². The third kappa shape index (κ3) is 2.79. The number of carbonyl (C=O) groups excluding carboxylic acids is 1. The SMILES string of the molecule is Cc1ccccc1O[C@H]1CC[C@H]2[C@@H]3[C@@H](C)C[C@H]4OC(=O)C=C[C@]4(C)[C@H]3CC[C@]12C. The Bertz CT molecular complexity index is 844. The molecule has 0 radical (unpaired) electrons. The molecule has 5 rings (SSSR count). The summed E-state index contributed by atoms with van der Waals surface area (Å²) in [5, 5.41) is 0. The summed E-state index contributed by atoms with van der Waals surface area (Å²) in [4.78, 5) is 11.9. The maximum absolute atomic E-state index is 11.9. The highest BCUT2D eigenvalue weighted by Gasteiger charge is 2.62. The molecular formula is C26H34O3. The van der Waals surface area contributed by atoms with E-state index < -0.39 is 0 Å². The molecule has 3 saturated carbocycles. The van der Waals surface area contributed by atoms with E-state index in [4.69, 9.17) is 9.47 Å². The van der Waals surface area contributed by atoms with Crippen LogP contribution in [0.1, 0.15) is 58.4 Å². The third-order valence-electron chi connectivity index (χ3n) is 9.18. The highest BCUT2D eigenvalue weighted by atomic mass is 16.5. The van der Waals surface area contributed by atoms with Gasteiger partial charge < -0.3 is 9.47 Å². The summed E-state index contributed by atoms with van der Waals surface area (Å²) < 4.78 is 12.5. The van der Waals surface area contributed by atoms with Gasteiger partial charge >= 0.3 is 5.97 Å². The van der Waals surface area contributed by atoms with E-state index in [1.807, 2.05) is 0 Å². The van der Waals surface area contributed by atoms with Crippen LogP contribution in [0.2, 0.25) is 0 Å². The Kier molecular flexibility index (Phi) is 4.38. The number of aryl methyl sites for hydroxylation is 1. The van der Waals surface area contributed by atoms with Gasteiger partial charge in [-0.3, -0.25) is 0 Å². The first-order valence-electron chi connectivity index (χ1n) is 11.4. The zero-order valence-electron chi connectivity index (χ0n) is 18.2. The number of hydrogen-bond donors (Lipinski definition) is 0. The number of rotatable bonds is 2. The van der Waals surface area contributed by atoms with Gasteiger partial charge in [0, 0.05) is 16.9 Å². The lowest BCUT2D eigenvalue weighted by molar-refractivity contribution is -0.175. The molecule has 0 N–H and O–H groups in total. The average molecular weight is 395 g/mol. The van der Waals surface area contributed by atoms with Crippen LogP contribution in [0.4, 0.5) is 0 Å². The van der Waals surface area contributed by atoms with Gasteiger partial charge in [-0.2, -0.15) is 0 Å². The van der Waals surface area contributed by atoms with Crippen molar-refractivity contribution >= 4 is 5.97 Å². The van der Waals surface area contributed by atoms with E-state index in [0.29, 0.717) is 29.8 Å². The summed E-state index contributed by atoms with van der Waals surface area (Å²) >= 11 is 0. The molecule has 3 nitrogen and oxygen atoms in total. The smallest absolute Gasteiger partial charge is 0.330 e. The van der Waals surface area contributed by atoms with Crippen LogP contribution in [0, 0.1) is 41.4 Å². The Labute approximate surface area is 174 Å². The molecule has 1 aromatic rings. The first-order valence-corrected chi connectivity index (χ1v) is 11.4. The Morgan fingerprint density at radius 3 is 2.69 bits per heavy atom. The first-order chi connectivity index (χ1) is 13.8. The van der Waals surface area contributed by atoms with Crippen LogP contribution >= 0.6 is 0 Å². The molecule has 1 aliphatic heterocycles. The minimum Gasteiger partial charge on any atom is -0.490 e. The van der Waals surface area contributed by atoms with E-state index in [-0.39, 0.29) is 22.9 Å². The van der Waals surface area contributed by atoms with Crippen LogP contribution < -0.4 is 4.74 Å². The number of carbonyl (C=O) groups is 1. The second-order valence-corrected chi connectivity index (χ2v) is 10.6. The minimum absolute atomic E-state index is 0.0125. The van der Waals surface area contributed by atoms with Crippen molar-refractivity contribution in [2.45, 2.75) is 72.0 Å². The van der Waals surface area contributed by atoms with Gasteiger partial charge in [0.15, 0.2) is 0 Å². The van der Waals surface area contributed by atoms with E-state index in [9.17, 15) is 4.79 Å². The Balaban J connectivity index is 1.44. The van der Waals surface area contributed by atoms with Crippen LogP contribution in [0.25, 0.3) is 0 Å². The van der Waals surface area contributed by atoms with E-state index in [1.165, 1.54) is 24.8 Å². The predicted molar refractivity (Wildman–Crippen MR) is 114 cm³/mol. The fourth-order valence-corrected chi connectivity index (χ4v) is 7.52. The molecule has 1 aromatic carbocycles. The van der Waals surface area contributed by atoms with Crippen LogP contribution in [0.3, 0.4) is 0 Å². The summed E-state index contributed by atoms with van der Waals surface area (Å²) in [5.74, 6) is 3.43. The first kappa shape index (κ1) is 19.2. The molecule has 0 amide bonds. The van der Waals surface area contributed by atoms with Crippen molar-refractivity contribution in [1.29, 1.82) is 0 Å². The van der Waals surface area contributed by atoms with Gasteiger partial charge in [0.1, 0.15) is 18.0 Å². The predicted octanol–water partition coefficient (Wildman–Crippen LogP) is 5.71. The van der Waals surface area contributed by atoms with Gasteiger partial charge in [0.05, 0.1) is 0 Å². The van der Waals surface area contributed by atoms with Crippen LogP contribution in [0.15, 0.2) is 36.4 Å². The second-order valence-electron chi connectivity index (χ2n) is 10.6. The van der Waals surface area contributed by atoms with Gasteiger partial charge in [-0.05, 0) is 74.3 Å². The van der Waals surface area contributed by atoms with Crippen molar-refractivity contribution in [3.05, 3.63) is 42.0 Å². The van der Waals surface area contributed by atoms with Gasteiger partial charge in [0.25, 0.3) is 0 Å². The van der Waals surface area contributed by atoms with Gasteiger partial charge in [0.2, 0.25) is 0 Å². The van der Waals surface area contributed by atoms with E-state index in [2.05, 4.69) is 58.0 Å². The molecule has 29 heavy (non-hydrogen) atoms. The summed E-state index contributed by atoms with van der Waals surface area (Å²) in [6.07, 6.45) is 10.00. The second kappa shape index (κ2) is 6.62. The van der Waals surface area contributed by atoms with Crippen molar-refractivity contribution < 1.29 is 14.3 Å². The zero-order chi connectivity index (χ0) is 20.4. The zero-order valence-corrected chi connectivity index (χ0v) is 18.2.